The lowest BCUT2D eigenvalue weighted by molar-refractivity contribution is 0.626. The van der Waals surface area contributed by atoms with Crippen LogP contribution in [0.2, 0.25) is 0 Å². The monoisotopic (exact) mass is 218 g/mol. The highest BCUT2D eigenvalue weighted by atomic mass is 14.2. The normalized spacial score (nSPS) is 11.4. The van der Waals surface area contributed by atoms with Crippen LogP contribution >= 0.6 is 0 Å². The average molecular weight is 218 g/mol. The topological polar surface area (TPSA) is 0 Å². The van der Waals surface area contributed by atoms with Crippen LogP contribution in [0.15, 0.2) is 0 Å². The number of hydrogen-bond acceptors (Lipinski definition) is 0. The van der Waals surface area contributed by atoms with Crippen molar-refractivity contribution in [1.82, 2.24) is 0 Å². The zero-order valence-corrected chi connectivity index (χ0v) is 13.3. The van der Waals surface area contributed by atoms with Gasteiger partial charge in [0.05, 0.1) is 0 Å². The minimum Gasteiger partial charge on any atom is -0.0683 e. The molecule has 1 fully saturated rings. The van der Waals surface area contributed by atoms with Crippen LogP contribution in [0.3, 0.4) is 0 Å². The minimum atomic E-state index is 0.884. The van der Waals surface area contributed by atoms with Crippen LogP contribution in [0.25, 0.3) is 0 Å². The summed E-state index contributed by atoms with van der Waals surface area (Å²) in [6.45, 7) is 20.9. The van der Waals surface area contributed by atoms with Gasteiger partial charge in [-0.2, -0.15) is 0 Å². The van der Waals surface area contributed by atoms with Crippen molar-refractivity contribution in [3.63, 3.8) is 0 Å². The van der Waals surface area contributed by atoms with E-state index in [2.05, 4.69) is 27.7 Å². The third-order valence-electron chi connectivity index (χ3n) is 1.68. The van der Waals surface area contributed by atoms with E-state index >= 15 is 0 Å². The van der Waals surface area contributed by atoms with E-state index in [-0.39, 0.29) is 0 Å². The predicted molar refractivity (Wildman–Crippen MR) is 77.6 cm³/mol. The van der Waals surface area contributed by atoms with E-state index in [9.17, 15) is 0 Å². The highest BCUT2D eigenvalue weighted by Crippen LogP contribution is 2.26. The molecule has 1 aliphatic rings. The van der Waals surface area contributed by atoms with Crippen molar-refractivity contribution in [2.75, 3.05) is 0 Å². The second kappa shape index (κ2) is 29.2. The molecule has 0 nitrogen and oxygen atoms in total. The first-order chi connectivity index (χ1) is 7.16. The lowest BCUT2D eigenvalue weighted by Gasteiger charge is -1.90. The van der Waals surface area contributed by atoms with Gasteiger partial charge in [-0.15, -0.1) is 0 Å². The van der Waals surface area contributed by atoms with Crippen molar-refractivity contribution in [2.45, 2.75) is 88.5 Å². The molecule has 0 N–H and O–H groups in total. The summed E-state index contributed by atoms with van der Waals surface area (Å²) in [5.41, 5.74) is 0. The number of rotatable bonds is 1. The van der Waals surface area contributed by atoms with Crippen molar-refractivity contribution < 1.29 is 0 Å². The molecule has 0 unspecified atom stereocenters. The van der Waals surface area contributed by atoms with Gasteiger partial charge in [-0.25, -0.2) is 0 Å². The van der Waals surface area contributed by atoms with Crippen molar-refractivity contribution in [2.24, 2.45) is 11.8 Å². The van der Waals surface area contributed by atoms with Crippen molar-refractivity contribution >= 4 is 0 Å². The molecule has 1 saturated carbocycles. The second-order valence-corrected chi connectivity index (χ2v) is 3.48. The molecular formula is C15H38. The highest BCUT2D eigenvalue weighted by molar-refractivity contribution is 4.65. The summed E-state index contributed by atoms with van der Waals surface area (Å²) in [6, 6.07) is 0. The Labute approximate surface area is 101 Å². The van der Waals surface area contributed by atoms with Crippen LogP contribution < -0.4 is 0 Å². The first-order valence-corrected chi connectivity index (χ1v) is 7.16. The first kappa shape index (κ1) is 24.3. The van der Waals surface area contributed by atoms with E-state index in [0.29, 0.717) is 0 Å². The van der Waals surface area contributed by atoms with E-state index < -0.39 is 0 Å². The van der Waals surface area contributed by atoms with Crippen LogP contribution in [0.4, 0.5) is 0 Å². The Morgan fingerprint density at radius 2 is 1.00 bits per heavy atom. The molecule has 0 aliphatic heterocycles. The van der Waals surface area contributed by atoms with E-state index in [0.717, 1.165) is 11.8 Å². The maximum absolute atomic E-state index is 2.28. The first-order valence-electron chi connectivity index (χ1n) is 7.16. The summed E-state index contributed by atoms with van der Waals surface area (Å²) in [4.78, 5) is 0. The predicted octanol–water partition coefficient (Wildman–Crippen LogP) is 6.55. The summed E-state index contributed by atoms with van der Waals surface area (Å²) in [5, 5.41) is 0. The number of hydrogen-bond donors (Lipinski definition) is 0. The van der Waals surface area contributed by atoms with Crippen LogP contribution in [0, 0.1) is 11.8 Å². The van der Waals surface area contributed by atoms with E-state index in [1.807, 2.05) is 41.5 Å². The van der Waals surface area contributed by atoms with Crippen LogP contribution in [-0.2, 0) is 0 Å². The van der Waals surface area contributed by atoms with Gasteiger partial charge in [0, 0.05) is 0 Å². The SMILES string of the molecule is CC.CC.CC.CC1CC1.CCC(C)C. The summed E-state index contributed by atoms with van der Waals surface area (Å²) in [5.74, 6) is 1.97. The van der Waals surface area contributed by atoms with Crippen molar-refractivity contribution in [3.05, 3.63) is 0 Å². The summed E-state index contributed by atoms with van der Waals surface area (Å²) in [7, 11) is 0. The van der Waals surface area contributed by atoms with E-state index in [1.54, 1.807) is 0 Å². The molecule has 0 atom stereocenters. The average Bonchev–Trinajstić information content (AvgIpc) is 3.10. The Balaban J connectivity index is -0.0000000547. The van der Waals surface area contributed by atoms with Crippen molar-refractivity contribution in [1.29, 1.82) is 0 Å². The highest BCUT2D eigenvalue weighted by Gasteiger charge is 2.12. The van der Waals surface area contributed by atoms with E-state index in [4.69, 9.17) is 0 Å². The van der Waals surface area contributed by atoms with Crippen LogP contribution in [0.1, 0.15) is 88.5 Å². The summed E-state index contributed by atoms with van der Waals surface area (Å²) >= 11 is 0. The lowest BCUT2D eigenvalue weighted by atomic mass is 10.2. The Hall–Kier alpha value is 0. The minimum absolute atomic E-state index is 0.884. The Morgan fingerprint density at radius 1 is 0.867 bits per heavy atom. The third-order valence-corrected chi connectivity index (χ3v) is 1.68. The summed E-state index contributed by atoms with van der Waals surface area (Å²) < 4.78 is 0. The van der Waals surface area contributed by atoms with Gasteiger partial charge in [0.1, 0.15) is 0 Å². The van der Waals surface area contributed by atoms with Gasteiger partial charge in [-0.1, -0.05) is 88.5 Å². The maximum atomic E-state index is 2.28. The molecular weight excluding hydrogens is 180 g/mol. The largest absolute Gasteiger partial charge is 0.0683 e. The summed E-state index contributed by atoms with van der Waals surface area (Å²) in [6.07, 6.45) is 4.28. The molecule has 0 radical (unpaired) electrons. The van der Waals surface area contributed by atoms with Crippen LogP contribution in [0.5, 0.6) is 0 Å². The molecule has 98 valence electrons. The van der Waals surface area contributed by atoms with Gasteiger partial charge >= 0.3 is 0 Å². The zero-order valence-electron chi connectivity index (χ0n) is 13.3. The van der Waals surface area contributed by atoms with Gasteiger partial charge in [0.2, 0.25) is 0 Å². The van der Waals surface area contributed by atoms with Gasteiger partial charge in [0.15, 0.2) is 0 Å². The molecule has 0 saturated heterocycles. The molecule has 1 rings (SSSR count). The fourth-order valence-electron chi connectivity index (χ4n) is 0.167. The fourth-order valence-corrected chi connectivity index (χ4v) is 0.167. The van der Waals surface area contributed by atoms with Crippen molar-refractivity contribution in [3.8, 4) is 0 Å². The van der Waals surface area contributed by atoms with Gasteiger partial charge in [-0.05, 0) is 11.8 Å². The van der Waals surface area contributed by atoms with Gasteiger partial charge in [0.25, 0.3) is 0 Å². The molecule has 15 heavy (non-hydrogen) atoms. The molecule has 0 amide bonds. The molecule has 0 aromatic carbocycles. The molecule has 0 heteroatoms. The fraction of sp³-hybridized carbons (Fsp3) is 1.00. The van der Waals surface area contributed by atoms with Crippen LogP contribution in [-0.4, -0.2) is 0 Å². The van der Waals surface area contributed by atoms with Gasteiger partial charge in [-0.3, -0.25) is 0 Å². The third kappa shape index (κ3) is 80.6. The second-order valence-electron chi connectivity index (χ2n) is 3.48. The Kier molecular flexibility index (Phi) is 47.3. The Bertz CT molecular complexity index is 51.1. The Morgan fingerprint density at radius 3 is 1.00 bits per heavy atom. The quantitative estimate of drug-likeness (QED) is 0.468. The molecule has 0 bridgehead atoms. The lowest BCUT2D eigenvalue weighted by Crippen LogP contribution is -1.77. The molecule has 1 aliphatic carbocycles. The molecule has 0 aromatic heterocycles. The van der Waals surface area contributed by atoms with Gasteiger partial charge < -0.3 is 0 Å². The molecule has 0 aromatic rings. The molecule has 0 spiro atoms. The zero-order chi connectivity index (χ0) is 13.3. The van der Waals surface area contributed by atoms with E-state index in [1.165, 1.54) is 19.3 Å². The maximum Gasteiger partial charge on any atom is -0.0443 e. The standard InChI is InChI=1S/C5H12.C4H8.3C2H6/c1-4-5(2)3;1-4-2-3-4;3*1-2/h5H,4H2,1-3H3;4H,2-3H2,1H3;3*1-2H3. The smallest absolute Gasteiger partial charge is 0.0443 e. The molecule has 0 heterocycles.